The van der Waals surface area contributed by atoms with Gasteiger partial charge in [-0.05, 0) is 39.7 Å². The topological polar surface area (TPSA) is 55.1 Å². The molecule has 0 unspecified atom stereocenters. The predicted octanol–water partition coefficient (Wildman–Crippen LogP) is 2.50. The fraction of sp³-hybridized carbons (Fsp3) is 0.545. The second-order valence-electron chi connectivity index (χ2n) is 4.15. The van der Waals surface area contributed by atoms with Crippen LogP contribution in [0.5, 0.6) is 0 Å². The molecule has 0 spiro atoms. The lowest BCUT2D eigenvalue weighted by Crippen LogP contribution is -2.40. The van der Waals surface area contributed by atoms with Gasteiger partial charge in [-0.1, -0.05) is 13.8 Å². The quantitative estimate of drug-likeness (QED) is 0.878. The van der Waals surface area contributed by atoms with Gasteiger partial charge in [0.1, 0.15) is 0 Å². The zero-order valence-corrected chi connectivity index (χ0v) is 11.9. The Balaban J connectivity index is 2.38. The van der Waals surface area contributed by atoms with Crippen LogP contribution in [0.15, 0.2) is 15.9 Å². The van der Waals surface area contributed by atoms with Crippen LogP contribution in [0.2, 0.25) is 0 Å². The summed E-state index contributed by atoms with van der Waals surface area (Å²) in [5, 5.41) is 4.83. The fourth-order valence-corrected chi connectivity index (χ4v) is 2.80. The first kappa shape index (κ1) is 13.7. The first-order valence-corrected chi connectivity index (χ1v) is 6.93. The molecule has 3 N–H and O–H groups in total. The second kappa shape index (κ2) is 6.37. The van der Waals surface area contributed by atoms with Crippen LogP contribution >= 0.6 is 27.3 Å². The Hall–Kier alpha value is -0.390. The molecule has 90 valence electrons. The normalized spacial score (nSPS) is 12.8. The molecule has 1 rings (SSSR count). The van der Waals surface area contributed by atoms with Gasteiger partial charge < -0.3 is 11.1 Å². The summed E-state index contributed by atoms with van der Waals surface area (Å²) in [7, 11) is 0. The monoisotopic (exact) mass is 304 g/mol. The van der Waals surface area contributed by atoms with E-state index in [1.54, 1.807) is 11.3 Å². The van der Waals surface area contributed by atoms with Gasteiger partial charge in [-0.3, -0.25) is 4.79 Å². The van der Waals surface area contributed by atoms with Gasteiger partial charge in [-0.2, -0.15) is 0 Å². The lowest BCUT2D eigenvalue weighted by molar-refractivity contribution is -0.122. The van der Waals surface area contributed by atoms with Gasteiger partial charge in [0.05, 0.1) is 12.6 Å². The summed E-state index contributed by atoms with van der Waals surface area (Å²) in [4.78, 5) is 12.8. The van der Waals surface area contributed by atoms with E-state index in [9.17, 15) is 4.79 Å². The van der Waals surface area contributed by atoms with E-state index in [0.717, 1.165) is 15.8 Å². The van der Waals surface area contributed by atoms with Crippen molar-refractivity contribution in [1.82, 2.24) is 5.32 Å². The molecule has 0 fully saturated rings. The third kappa shape index (κ3) is 4.23. The van der Waals surface area contributed by atoms with E-state index in [4.69, 9.17) is 5.73 Å². The van der Waals surface area contributed by atoms with E-state index in [0.29, 0.717) is 12.5 Å². The molecule has 0 aliphatic rings. The fourth-order valence-electron chi connectivity index (χ4n) is 1.36. The van der Waals surface area contributed by atoms with Gasteiger partial charge in [0.25, 0.3) is 0 Å². The summed E-state index contributed by atoms with van der Waals surface area (Å²) in [6.07, 6.45) is 0.720. The highest BCUT2D eigenvalue weighted by Gasteiger charge is 2.14. The van der Waals surface area contributed by atoms with E-state index in [1.165, 1.54) is 0 Å². The number of amides is 1. The Morgan fingerprint density at radius 3 is 2.81 bits per heavy atom. The minimum atomic E-state index is -0.404. The van der Waals surface area contributed by atoms with Crippen molar-refractivity contribution in [2.24, 2.45) is 11.7 Å². The van der Waals surface area contributed by atoms with Gasteiger partial charge in [-0.25, -0.2) is 0 Å². The summed E-state index contributed by atoms with van der Waals surface area (Å²) in [5.74, 6) is 0.364. The van der Waals surface area contributed by atoms with Crippen LogP contribution in [0, 0.1) is 5.92 Å². The largest absolute Gasteiger partial charge is 0.350 e. The first-order chi connectivity index (χ1) is 7.50. The van der Waals surface area contributed by atoms with Crippen LogP contribution in [0.25, 0.3) is 0 Å². The molecule has 0 saturated heterocycles. The van der Waals surface area contributed by atoms with Crippen molar-refractivity contribution < 1.29 is 4.79 Å². The summed E-state index contributed by atoms with van der Waals surface area (Å²) in [5.41, 5.74) is 5.78. The maximum Gasteiger partial charge on any atom is 0.237 e. The second-order valence-corrected chi connectivity index (χ2v) is 6.00. The molecular formula is C11H17BrN2OS. The molecule has 1 aromatic rings. The molecule has 0 radical (unpaired) electrons. The highest BCUT2D eigenvalue weighted by Crippen LogP contribution is 2.22. The Morgan fingerprint density at radius 1 is 1.62 bits per heavy atom. The SMILES string of the molecule is CC(C)C[C@H](N)C(=O)NCc1sccc1Br. The molecule has 0 aliphatic heterocycles. The van der Waals surface area contributed by atoms with Crippen molar-refractivity contribution in [1.29, 1.82) is 0 Å². The van der Waals surface area contributed by atoms with Crippen LogP contribution in [0.1, 0.15) is 25.1 Å². The third-order valence-corrected chi connectivity index (χ3v) is 4.10. The molecule has 3 nitrogen and oxygen atoms in total. The van der Waals surface area contributed by atoms with Crippen LogP contribution in [0.4, 0.5) is 0 Å². The lowest BCUT2D eigenvalue weighted by Gasteiger charge is -2.13. The maximum absolute atomic E-state index is 11.6. The van der Waals surface area contributed by atoms with Crippen molar-refractivity contribution in [3.8, 4) is 0 Å². The molecule has 5 heteroatoms. The number of rotatable bonds is 5. The Bertz CT molecular complexity index is 352. The lowest BCUT2D eigenvalue weighted by atomic mass is 10.0. The molecule has 1 aromatic heterocycles. The van der Waals surface area contributed by atoms with Gasteiger partial charge in [0.15, 0.2) is 0 Å². The van der Waals surface area contributed by atoms with Crippen molar-refractivity contribution in [2.45, 2.75) is 32.9 Å². The minimum Gasteiger partial charge on any atom is -0.350 e. The molecule has 1 heterocycles. The predicted molar refractivity (Wildman–Crippen MR) is 71.3 cm³/mol. The number of hydrogen-bond acceptors (Lipinski definition) is 3. The molecular weight excluding hydrogens is 288 g/mol. The van der Waals surface area contributed by atoms with E-state index in [1.807, 2.05) is 11.4 Å². The molecule has 0 aliphatic carbocycles. The van der Waals surface area contributed by atoms with Crippen molar-refractivity contribution in [3.05, 3.63) is 20.8 Å². The average molecular weight is 305 g/mol. The van der Waals surface area contributed by atoms with Crippen LogP contribution in [-0.4, -0.2) is 11.9 Å². The summed E-state index contributed by atoms with van der Waals surface area (Å²) in [6, 6.07) is 1.57. The van der Waals surface area contributed by atoms with E-state index < -0.39 is 6.04 Å². The van der Waals surface area contributed by atoms with Crippen molar-refractivity contribution >= 4 is 33.2 Å². The van der Waals surface area contributed by atoms with Crippen LogP contribution in [-0.2, 0) is 11.3 Å². The molecule has 1 atom stereocenters. The first-order valence-electron chi connectivity index (χ1n) is 5.26. The molecule has 16 heavy (non-hydrogen) atoms. The minimum absolute atomic E-state index is 0.0750. The van der Waals surface area contributed by atoms with Gasteiger partial charge >= 0.3 is 0 Å². The standard InChI is InChI=1S/C11H17BrN2OS/c1-7(2)5-9(13)11(15)14-6-10-8(12)3-4-16-10/h3-4,7,9H,5-6,13H2,1-2H3,(H,14,15)/t9-/m0/s1. The number of nitrogens with two attached hydrogens (primary N) is 1. The highest BCUT2D eigenvalue weighted by molar-refractivity contribution is 9.10. The number of carbonyl (C=O) groups is 1. The maximum atomic E-state index is 11.6. The number of halogens is 1. The van der Waals surface area contributed by atoms with E-state index in [2.05, 4.69) is 35.1 Å². The molecule has 0 bridgehead atoms. The van der Waals surface area contributed by atoms with Gasteiger partial charge in [-0.15, -0.1) is 11.3 Å². The third-order valence-electron chi connectivity index (χ3n) is 2.18. The number of hydrogen-bond donors (Lipinski definition) is 2. The van der Waals surface area contributed by atoms with Crippen molar-refractivity contribution in [3.63, 3.8) is 0 Å². The smallest absolute Gasteiger partial charge is 0.237 e. The Morgan fingerprint density at radius 2 is 2.31 bits per heavy atom. The van der Waals surface area contributed by atoms with Crippen molar-refractivity contribution in [2.75, 3.05) is 0 Å². The summed E-state index contributed by atoms with van der Waals surface area (Å²) >= 11 is 5.04. The van der Waals surface area contributed by atoms with Crippen LogP contribution in [0.3, 0.4) is 0 Å². The van der Waals surface area contributed by atoms with Crippen LogP contribution < -0.4 is 11.1 Å². The molecule has 1 amide bonds. The Kier molecular flexibility index (Phi) is 5.44. The van der Waals surface area contributed by atoms with E-state index >= 15 is 0 Å². The summed E-state index contributed by atoms with van der Waals surface area (Å²) < 4.78 is 1.04. The number of carbonyl (C=O) groups excluding carboxylic acids is 1. The highest BCUT2D eigenvalue weighted by atomic mass is 79.9. The zero-order chi connectivity index (χ0) is 12.1. The average Bonchev–Trinajstić information content (AvgIpc) is 2.59. The zero-order valence-electron chi connectivity index (χ0n) is 9.50. The molecule has 0 saturated carbocycles. The molecule has 0 aromatic carbocycles. The number of thiophene rings is 1. The number of nitrogens with one attached hydrogen (secondary N) is 1. The Labute approximate surface area is 109 Å². The summed E-state index contributed by atoms with van der Waals surface area (Å²) in [6.45, 7) is 4.66. The van der Waals surface area contributed by atoms with E-state index in [-0.39, 0.29) is 5.91 Å². The van der Waals surface area contributed by atoms with Gasteiger partial charge in [0.2, 0.25) is 5.91 Å². The van der Waals surface area contributed by atoms with Gasteiger partial charge in [0, 0.05) is 9.35 Å².